The van der Waals surface area contributed by atoms with Gasteiger partial charge in [0.2, 0.25) is 0 Å². The first-order chi connectivity index (χ1) is 10.4. The highest BCUT2D eigenvalue weighted by molar-refractivity contribution is 5.81. The number of carbonyl (C=O) groups is 2. The Balaban J connectivity index is 0. The summed E-state index contributed by atoms with van der Waals surface area (Å²) in [6.07, 6.45) is 4.42. The molecule has 0 aromatic heterocycles. The van der Waals surface area contributed by atoms with Gasteiger partial charge in [-0.15, -0.1) is 0 Å². The predicted molar refractivity (Wildman–Crippen MR) is 84.1 cm³/mol. The molecule has 22 heavy (non-hydrogen) atoms. The lowest BCUT2D eigenvalue weighted by molar-refractivity contribution is -0.140. The number of aliphatic hydroxyl groups is 2. The Morgan fingerprint density at radius 1 is 1.09 bits per heavy atom. The molecule has 0 bridgehead atoms. The topological polar surface area (TPSA) is 93.1 Å². The fraction of sp³-hybridized carbons (Fsp3) is 0.625. The largest absolute Gasteiger partial charge is 0.463 e. The molecule has 0 radical (unpaired) electrons. The first-order valence-electron chi connectivity index (χ1n) is 7.31. The van der Waals surface area contributed by atoms with Gasteiger partial charge >= 0.3 is 11.9 Å². The van der Waals surface area contributed by atoms with Crippen molar-refractivity contribution >= 4 is 11.9 Å². The van der Waals surface area contributed by atoms with Crippen LogP contribution in [-0.4, -0.2) is 47.6 Å². The van der Waals surface area contributed by atoms with E-state index in [2.05, 4.69) is 17.9 Å². The van der Waals surface area contributed by atoms with E-state index < -0.39 is 12.1 Å². The van der Waals surface area contributed by atoms with Crippen LogP contribution in [0.15, 0.2) is 25.3 Å². The molecule has 2 unspecified atom stereocenters. The van der Waals surface area contributed by atoms with E-state index in [1.165, 1.54) is 0 Å². The van der Waals surface area contributed by atoms with Crippen LogP contribution in [-0.2, 0) is 19.1 Å². The minimum Gasteiger partial charge on any atom is -0.463 e. The summed E-state index contributed by atoms with van der Waals surface area (Å²) in [4.78, 5) is 20.9. The number of rotatable bonds is 10. The van der Waals surface area contributed by atoms with E-state index in [9.17, 15) is 9.59 Å². The summed E-state index contributed by atoms with van der Waals surface area (Å²) in [6, 6.07) is 0. The molecular weight excluding hydrogens is 288 g/mol. The maximum atomic E-state index is 10.5. The molecule has 0 fully saturated rings. The van der Waals surface area contributed by atoms with Crippen LogP contribution in [0.3, 0.4) is 0 Å². The third-order valence-corrected chi connectivity index (χ3v) is 2.48. The van der Waals surface area contributed by atoms with Crippen LogP contribution in [0.5, 0.6) is 0 Å². The van der Waals surface area contributed by atoms with Crippen molar-refractivity contribution in [2.45, 2.75) is 51.7 Å². The van der Waals surface area contributed by atoms with Gasteiger partial charge in [-0.3, -0.25) is 0 Å². The molecule has 0 spiro atoms. The van der Waals surface area contributed by atoms with Gasteiger partial charge < -0.3 is 19.7 Å². The molecule has 6 nitrogen and oxygen atoms in total. The van der Waals surface area contributed by atoms with Gasteiger partial charge in [0.1, 0.15) is 6.61 Å². The zero-order valence-electron chi connectivity index (χ0n) is 13.5. The molecular formula is C16H28O6. The molecule has 0 heterocycles. The molecule has 6 heteroatoms. The van der Waals surface area contributed by atoms with E-state index in [-0.39, 0.29) is 18.7 Å². The molecule has 2 atom stereocenters. The van der Waals surface area contributed by atoms with Gasteiger partial charge in [0, 0.05) is 12.2 Å². The Bertz CT molecular complexity index is 325. The van der Waals surface area contributed by atoms with Crippen molar-refractivity contribution < 1.29 is 29.3 Å². The van der Waals surface area contributed by atoms with Crippen LogP contribution in [0.25, 0.3) is 0 Å². The highest BCUT2D eigenvalue weighted by atomic mass is 16.5. The highest BCUT2D eigenvalue weighted by Gasteiger charge is 2.02. The Kier molecular flexibility index (Phi) is 16.2. The monoisotopic (exact) mass is 316 g/mol. The fourth-order valence-electron chi connectivity index (χ4n) is 1.13. The van der Waals surface area contributed by atoms with Gasteiger partial charge in [0.05, 0.1) is 18.8 Å². The number of unbranched alkanes of at least 4 members (excludes halogenated alkanes) is 1. The normalized spacial score (nSPS) is 12.2. The number of esters is 2. The van der Waals surface area contributed by atoms with Crippen LogP contribution in [0.1, 0.15) is 39.5 Å². The van der Waals surface area contributed by atoms with E-state index in [0.717, 1.165) is 31.4 Å². The van der Waals surface area contributed by atoms with Crippen molar-refractivity contribution in [3.8, 4) is 0 Å². The maximum absolute atomic E-state index is 10.5. The molecule has 0 amide bonds. The molecule has 0 aliphatic rings. The molecule has 0 saturated heterocycles. The summed E-state index contributed by atoms with van der Waals surface area (Å²) < 4.78 is 9.27. The Morgan fingerprint density at radius 2 is 1.64 bits per heavy atom. The lowest BCUT2D eigenvalue weighted by Gasteiger charge is -2.05. The van der Waals surface area contributed by atoms with E-state index in [1.807, 2.05) is 6.92 Å². The van der Waals surface area contributed by atoms with Crippen molar-refractivity contribution in [3.05, 3.63) is 25.3 Å². The number of hydrogen-bond acceptors (Lipinski definition) is 6. The quantitative estimate of drug-likeness (QED) is 0.362. The number of hydrogen-bond donors (Lipinski definition) is 2. The van der Waals surface area contributed by atoms with Crippen molar-refractivity contribution in [1.29, 1.82) is 0 Å². The summed E-state index contributed by atoms with van der Waals surface area (Å²) in [5, 5.41) is 17.8. The van der Waals surface area contributed by atoms with Gasteiger partial charge in [-0.05, 0) is 32.6 Å². The van der Waals surface area contributed by atoms with Crippen LogP contribution in [0.2, 0.25) is 0 Å². The Morgan fingerprint density at radius 3 is 2.09 bits per heavy atom. The van der Waals surface area contributed by atoms with E-state index >= 15 is 0 Å². The third kappa shape index (κ3) is 18.3. The van der Waals surface area contributed by atoms with Crippen LogP contribution < -0.4 is 0 Å². The second kappa shape index (κ2) is 15.7. The predicted octanol–water partition coefficient (Wildman–Crippen LogP) is 1.75. The third-order valence-electron chi connectivity index (χ3n) is 2.48. The summed E-state index contributed by atoms with van der Waals surface area (Å²) >= 11 is 0. The lowest BCUT2D eigenvalue weighted by atomic mass is 10.2. The number of ether oxygens (including phenoxy) is 2. The molecule has 0 aliphatic carbocycles. The molecule has 2 N–H and O–H groups in total. The zero-order valence-corrected chi connectivity index (χ0v) is 13.5. The van der Waals surface area contributed by atoms with Crippen molar-refractivity contribution in [1.82, 2.24) is 0 Å². The maximum Gasteiger partial charge on any atom is 0.330 e. The summed E-state index contributed by atoms with van der Waals surface area (Å²) in [6.45, 7) is 10.5. The van der Waals surface area contributed by atoms with Crippen LogP contribution >= 0.6 is 0 Å². The zero-order chi connectivity index (χ0) is 17.4. The van der Waals surface area contributed by atoms with Gasteiger partial charge in [-0.2, -0.15) is 0 Å². The summed E-state index contributed by atoms with van der Waals surface area (Å²) in [7, 11) is 0. The molecule has 0 aromatic rings. The molecule has 0 rings (SSSR count). The lowest BCUT2D eigenvalue weighted by Crippen LogP contribution is -2.16. The van der Waals surface area contributed by atoms with Gasteiger partial charge in [-0.25, -0.2) is 9.59 Å². The average molecular weight is 316 g/mol. The minimum absolute atomic E-state index is 0.0569. The van der Waals surface area contributed by atoms with Crippen LogP contribution in [0.4, 0.5) is 0 Å². The summed E-state index contributed by atoms with van der Waals surface area (Å²) in [5.41, 5.74) is 0. The fourth-order valence-corrected chi connectivity index (χ4v) is 1.13. The first kappa shape index (κ1) is 22.6. The van der Waals surface area contributed by atoms with E-state index in [4.69, 9.17) is 14.9 Å². The van der Waals surface area contributed by atoms with Gasteiger partial charge in [-0.1, -0.05) is 20.1 Å². The standard InChI is InChI=1S/C9H16O3.C7H12O3/c1-3-9(11)12-7-5-4-6-8(2)10;1-3-6(8)5-10-7(9)4-2/h3,8,10H,1,4-7H2,2H3;4,6,8H,2-3,5H2,1H3. The summed E-state index contributed by atoms with van der Waals surface area (Å²) in [5.74, 6) is -0.875. The highest BCUT2D eigenvalue weighted by Crippen LogP contribution is 2.00. The molecule has 0 aliphatic heterocycles. The van der Waals surface area contributed by atoms with Gasteiger partial charge in [0.15, 0.2) is 0 Å². The molecule has 0 saturated carbocycles. The number of carbonyl (C=O) groups excluding carboxylic acids is 2. The smallest absolute Gasteiger partial charge is 0.330 e. The SMILES string of the molecule is C=CC(=O)OCC(O)CC.C=CC(=O)OCCCCC(C)O. The van der Waals surface area contributed by atoms with Crippen molar-refractivity contribution in [3.63, 3.8) is 0 Å². The Hall–Kier alpha value is -1.66. The number of aliphatic hydroxyl groups excluding tert-OH is 2. The second-order valence-electron chi connectivity index (χ2n) is 4.61. The van der Waals surface area contributed by atoms with Crippen LogP contribution in [0, 0.1) is 0 Å². The van der Waals surface area contributed by atoms with E-state index in [0.29, 0.717) is 13.0 Å². The van der Waals surface area contributed by atoms with Gasteiger partial charge in [0.25, 0.3) is 0 Å². The molecule has 128 valence electrons. The van der Waals surface area contributed by atoms with Crippen molar-refractivity contribution in [2.24, 2.45) is 0 Å². The van der Waals surface area contributed by atoms with Crippen molar-refractivity contribution in [2.75, 3.05) is 13.2 Å². The first-order valence-corrected chi connectivity index (χ1v) is 7.31. The second-order valence-corrected chi connectivity index (χ2v) is 4.61. The van der Waals surface area contributed by atoms with E-state index in [1.54, 1.807) is 6.92 Å². The molecule has 0 aromatic carbocycles. The average Bonchev–Trinajstić information content (AvgIpc) is 2.51. The Labute approximate surface area is 132 Å². The minimum atomic E-state index is -0.552.